The van der Waals surface area contributed by atoms with Gasteiger partial charge in [0.25, 0.3) is 0 Å². The van der Waals surface area contributed by atoms with Crippen LogP contribution in [0.25, 0.3) is 11.1 Å². The van der Waals surface area contributed by atoms with Crippen molar-refractivity contribution in [1.29, 1.82) is 0 Å². The van der Waals surface area contributed by atoms with Gasteiger partial charge in [-0.3, -0.25) is 0 Å². The highest BCUT2D eigenvalue weighted by atomic mass is 32.1. The number of rotatable bonds is 3. The zero-order valence-corrected chi connectivity index (χ0v) is 11.2. The summed E-state index contributed by atoms with van der Waals surface area (Å²) < 4.78 is 5.34. The summed E-state index contributed by atoms with van der Waals surface area (Å²) in [7, 11) is 1.71. The molecule has 3 heteroatoms. The third-order valence-electron chi connectivity index (χ3n) is 2.95. The summed E-state index contributed by atoms with van der Waals surface area (Å²) in [5.41, 5.74) is 10.4. The van der Waals surface area contributed by atoms with Crippen molar-refractivity contribution < 1.29 is 4.74 Å². The maximum Gasteiger partial charge on any atom is 0.122 e. The molecule has 1 aromatic carbocycles. The Morgan fingerprint density at radius 1 is 1.35 bits per heavy atom. The van der Waals surface area contributed by atoms with Crippen molar-refractivity contribution in [2.45, 2.75) is 20.3 Å². The van der Waals surface area contributed by atoms with E-state index >= 15 is 0 Å². The summed E-state index contributed by atoms with van der Waals surface area (Å²) in [6.07, 6.45) is 0.958. The Kier molecular flexibility index (Phi) is 3.38. The highest BCUT2D eigenvalue weighted by molar-refractivity contribution is 7.11. The molecule has 2 N–H and O–H groups in total. The predicted molar refractivity (Wildman–Crippen MR) is 74.8 cm³/mol. The van der Waals surface area contributed by atoms with Gasteiger partial charge in [0.05, 0.1) is 12.8 Å². The summed E-state index contributed by atoms with van der Waals surface area (Å²) in [6, 6.07) is 6.26. The van der Waals surface area contributed by atoms with Crippen LogP contribution < -0.4 is 10.5 Å². The lowest BCUT2D eigenvalue weighted by Crippen LogP contribution is -1.92. The Hall–Kier alpha value is -1.48. The van der Waals surface area contributed by atoms with Crippen molar-refractivity contribution in [3.05, 3.63) is 34.0 Å². The van der Waals surface area contributed by atoms with Crippen molar-refractivity contribution >= 4 is 17.0 Å². The summed E-state index contributed by atoms with van der Waals surface area (Å²) in [5.74, 6) is 0.947. The molecule has 0 aliphatic heterocycles. The van der Waals surface area contributed by atoms with Crippen LogP contribution in [0.15, 0.2) is 23.6 Å². The van der Waals surface area contributed by atoms with Crippen LogP contribution in [0.5, 0.6) is 5.75 Å². The van der Waals surface area contributed by atoms with E-state index in [4.69, 9.17) is 10.5 Å². The van der Waals surface area contributed by atoms with Crippen molar-refractivity contribution in [2.24, 2.45) is 0 Å². The number of nitrogen functional groups attached to an aromatic ring is 1. The Balaban J connectivity index is 2.54. The van der Waals surface area contributed by atoms with Gasteiger partial charge < -0.3 is 10.5 Å². The minimum absolute atomic E-state index is 0.861. The number of hydrogen-bond acceptors (Lipinski definition) is 3. The zero-order valence-electron chi connectivity index (χ0n) is 10.4. The van der Waals surface area contributed by atoms with E-state index in [0.29, 0.717) is 0 Å². The first kappa shape index (κ1) is 12.0. The highest BCUT2D eigenvalue weighted by Crippen LogP contribution is 2.36. The molecular weight excluding hydrogens is 230 g/mol. The topological polar surface area (TPSA) is 35.2 Å². The lowest BCUT2D eigenvalue weighted by molar-refractivity contribution is 0.410. The molecule has 2 aromatic rings. The van der Waals surface area contributed by atoms with Gasteiger partial charge in [-0.25, -0.2) is 0 Å². The zero-order chi connectivity index (χ0) is 12.4. The molecule has 0 aliphatic rings. The lowest BCUT2D eigenvalue weighted by Gasteiger charge is -2.10. The van der Waals surface area contributed by atoms with E-state index in [1.54, 1.807) is 18.4 Å². The molecule has 0 unspecified atom stereocenters. The second kappa shape index (κ2) is 4.80. The normalized spacial score (nSPS) is 10.5. The van der Waals surface area contributed by atoms with Gasteiger partial charge in [-0.1, -0.05) is 13.0 Å². The first-order chi connectivity index (χ1) is 8.17. The molecule has 17 heavy (non-hydrogen) atoms. The predicted octanol–water partition coefficient (Wildman–Crippen LogP) is 3.88. The summed E-state index contributed by atoms with van der Waals surface area (Å²) in [5, 5.41) is 2.00. The van der Waals surface area contributed by atoms with Gasteiger partial charge in [-0.05, 0) is 36.6 Å². The van der Waals surface area contributed by atoms with Crippen LogP contribution >= 0.6 is 11.3 Å². The number of thiophene rings is 1. The second-order valence-electron chi connectivity index (χ2n) is 4.00. The van der Waals surface area contributed by atoms with Crippen LogP contribution in [0.4, 0.5) is 5.69 Å². The van der Waals surface area contributed by atoms with Gasteiger partial charge in [0.15, 0.2) is 0 Å². The first-order valence-electron chi connectivity index (χ1n) is 5.68. The maximum absolute atomic E-state index is 6.01. The van der Waals surface area contributed by atoms with Crippen LogP contribution in [0, 0.1) is 6.92 Å². The number of nitrogens with two attached hydrogens (primary N) is 1. The number of methoxy groups -OCH3 is 1. The molecule has 0 radical (unpaired) electrons. The van der Waals surface area contributed by atoms with Crippen LogP contribution in [-0.4, -0.2) is 7.11 Å². The molecule has 0 bridgehead atoms. The molecule has 0 spiro atoms. The monoisotopic (exact) mass is 247 g/mol. The third-order valence-corrected chi connectivity index (χ3v) is 3.88. The lowest BCUT2D eigenvalue weighted by atomic mass is 10.0. The van der Waals surface area contributed by atoms with E-state index in [0.717, 1.165) is 23.4 Å². The quantitative estimate of drug-likeness (QED) is 0.893. The van der Waals surface area contributed by atoms with Crippen LogP contribution in [0.3, 0.4) is 0 Å². The van der Waals surface area contributed by atoms with Gasteiger partial charge in [0, 0.05) is 15.8 Å². The van der Waals surface area contributed by atoms with Gasteiger partial charge >= 0.3 is 0 Å². The Labute approximate surface area is 106 Å². The summed E-state index contributed by atoms with van der Waals surface area (Å²) in [4.78, 5) is 1.26. The molecular formula is C14H17NOS. The molecule has 0 saturated heterocycles. The first-order valence-corrected chi connectivity index (χ1v) is 6.56. The second-order valence-corrected chi connectivity index (χ2v) is 5.09. The van der Waals surface area contributed by atoms with Crippen molar-refractivity contribution in [1.82, 2.24) is 0 Å². The maximum atomic E-state index is 6.01. The third kappa shape index (κ3) is 2.15. The Bertz CT molecular complexity index is 512. The molecule has 0 amide bonds. The number of aryl methyl sites for hydroxylation is 2. The standard InChI is InChI=1S/C14H17NOS/c1-4-10-7-11(5-6-13(10)16-3)14-9(2)17-8-12(14)15/h5-8H,4,15H2,1-3H3. The summed E-state index contributed by atoms with van der Waals surface area (Å²) in [6.45, 7) is 4.23. The SMILES string of the molecule is CCc1cc(-c2c(N)csc2C)ccc1OC. The van der Waals surface area contributed by atoms with Crippen LogP contribution in [0.2, 0.25) is 0 Å². The largest absolute Gasteiger partial charge is 0.496 e. The van der Waals surface area contributed by atoms with Gasteiger partial charge in [-0.15, -0.1) is 11.3 Å². The van der Waals surface area contributed by atoms with Gasteiger partial charge in [-0.2, -0.15) is 0 Å². The number of anilines is 1. The fraction of sp³-hybridized carbons (Fsp3) is 0.286. The average molecular weight is 247 g/mol. The smallest absolute Gasteiger partial charge is 0.122 e. The minimum Gasteiger partial charge on any atom is -0.496 e. The number of ether oxygens (including phenoxy) is 1. The Morgan fingerprint density at radius 3 is 2.65 bits per heavy atom. The molecule has 0 saturated carbocycles. The van der Waals surface area contributed by atoms with Crippen molar-refractivity contribution in [3.63, 3.8) is 0 Å². The van der Waals surface area contributed by atoms with E-state index < -0.39 is 0 Å². The number of hydrogen-bond donors (Lipinski definition) is 1. The summed E-state index contributed by atoms with van der Waals surface area (Å²) >= 11 is 1.69. The average Bonchev–Trinajstić information content (AvgIpc) is 2.68. The Morgan fingerprint density at radius 2 is 2.12 bits per heavy atom. The van der Waals surface area contributed by atoms with E-state index in [1.165, 1.54) is 16.0 Å². The number of benzene rings is 1. The van der Waals surface area contributed by atoms with E-state index in [2.05, 4.69) is 26.0 Å². The minimum atomic E-state index is 0.861. The van der Waals surface area contributed by atoms with E-state index in [1.807, 2.05) is 11.4 Å². The van der Waals surface area contributed by atoms with E-state index in [9.17, 15) is 0 Å². The molecule has 1 heterocycles. The molecule has 2 rings (SSSR count). The van der Waals surface area contributed by atoms with Crippen LogP contribution in [-0.2, 0) is 6.42 Å². The molecule has 0 fully saturated rings. The fourth-order valence-corrected chi connectivity index (χ4v) is 2.83. The molecule has 0 atom stereocenters. The molecule has 2 nitrogen and oxygen atoms in total. The molecule has 0 aliphatic carbocycles. The van der Waals surface area contributed by atoms with Crippen molar-refractivity contribution in [3.8, 4) is 16.9 Å². The molecule has 1 aromatic heterocycles. The van der Waals surface area contributed by atoms with Gasteiger partial charge in [0.2, 0.25) is 0 Å². The van der Waals surface area contributed by atoms with E-state index in [-0.39, 0.29) is 0 Å². The van der Waals surface area contributed by atoms with Crippen molar-refractivity contribution in [2.75, 3.05) is 12.8 Å². The molecule has 90 valence electrons. The van der Waals surface area contributed by atoms with Gasteiger partial charge in [0.1, 0.15) is 5.75 Å². The highest BCUT2D eigenvalue weighted by Gasteiger charge is 2.10. The van der Waals surface area contributed by atoms with Crippen LogP contribution in [0.1, 0.15) is 17.4 Å². The fourth-order valence-electron chi connectivity index (χ4n) is 2.05.